The molecule has 0 aliphatic carbocycles. The van der Waals surface area contributed by atoms with Gasteiger partial charge in [-0.05, 0) is 30.4 Å². The van der Waals surface area contributed by atoms with E-state index in [1.807, 2.05) is 29.7 Å². The second-order valence-corrected chi connectivity index (χ2v) is 8.00. The molecule has 0 fully saturated rings. The van der Waals surface area contributed by atoms with Crippen LogP contribution < -0.4 is 10.5 Å². The summed E-state index contributed by atoms with van der Waals surface area (Å²) in [6.45, 7) is 11.3. The molecule has 1 atom stereocenters. The van der Waals surface area contributed by atoms with Gasteiger partial charge in [0.15, 0.2) is 17.1 Å². The standard InChI is InChI=1S/C19H28N4O2S/c1-12(2)10-23-18(21-22-19(23)26-11-17(20)24)14(5)25-16-9-7-6-8-15(16)13(3)4/h6-9,12-14H,10-11H2,1-5H3,(H2,20,24). The van der Waals surface area contributed by atoms with Crippen molar-refractivity contribution < 1.29 is 9.53 Å². The van der Waals surface area contributed by atoms with Gasteiger partial charge in [0.2, 0.25) is 5.91 Å². The molecule has 1 unspecified atom stereocenters. The molecule has 0 aliphatic rings. The van der Waals surface area contributed by atoms with Crippen molar-refractivity contribution in [3.05, 3.63) is 35.7 Å². The Morgan fingerprint density at radius 2 is 1.88 bits per heavy atom. The lowest BCUT2D eigenvalue weighted by molar-refractivity contribution is -0.115. The monoisotopic (exact) mass is 376 g/mol. The lowest BCUT2D eigenvalue weighted by Gasteiger charge is -2.20. The molecule has 0 saturated carbocycles. The summed E-state index contributed by atoms with van der Waals surface area (Å²) < 4.78 is 8.26. The van der Waals surface area contributed by atoms with Crippen LogP contribution in [0.25, 0.3) is 0 Å². The number of amides is 1. The SMILES string of the molecule is CC(C)Cn1c(SCC(N)=O)nnc1C(C)Oc1ccccc1C(C)C. The van der Waals surface area contributed by atoms with Crippen LogP contribution in [0.15, 0.2) is 29.4 Å². The Kier molecular flexibility index (Phi) is 7.08. The summed E-state index contributed by atoms with van der Waals surface area (Å²) in [4.78, 5) is 11.1. The number of nitrogens with two attached hydrogens (primary N) is 1. The fraction of sp³-hybridized carbons (Fsp3) is 0.526. The summed E-state index contributed by atoms with van der Waals surface area (Å²) >= 11 is 1.31. The van der Waals surface area contributed by atoms with Crippen molar-refractivity contribution in [2.75, 3.05) is 5.75 Å². The summed E-state index contributed by atoms with van der Waals surface area (Å²) in [6.07, 6.45) is -0.260. The highest BCUT2D eigenvalue weighted by Crippen LogP contribution is 2.30. The lowest BCUT2D eigenvalue weighted by Crippen LogP contribution is -2.17. The normalized spacial score (nSPS) is 12.6. The number of aromatic nitrogens is 3. The largest absolute Gasteiger partial charge is 0.482 e. The maximum absolute atomic E-state index is 11.1. The van der Waals surface area contributed by atoms with E-state index in [1.54, 1.807) is 0 Å². The molecule has 7 heteroatoms. The topological polar surface area (TPSA) is 83.0 Å². The van der Waals surface area contributed by atoms with Crippen LogP contribution in [0.2, 0.25) is 0 Å². The third-order valence-corrected chi connectivity index (χ3v) is 4.83. The van der Waals surface area contributed by atoms with Crippen LogP contribution in [0.3, 0.4) is 0 Å². The molecular formula is C19H28N4O2S. The Labute approximate surface area is 159 Å². The van der Waals surface area contributed by atoms with Gasteiger partial charge in [0.25, 0.3) is 0 Å². The first kappa shape index (κ1) is 20.3. The van der Waals surface area contributed by atoms with E-state index in [9.17, 15) is 4.79 Å². The zero-order valence-corrected chi connectivity index (χ0v) is 16.9. The predicted molar refractivity (Wildman–Crippen MR) is 104 cm³/mol. The zero-order chi connectivity index (χ0) is 19.3. The third kappa shape index (κ3) is 5.24. The van der Waals surface area contributed by atoms with Gasteiger partial charge in [-0.15, -0.1) is 10.2 Å². The number of para-hydroxylation sites is 1. The molecule has 0 bridgehead atoms. The first-order valence-corrected chi connectivity index (χ1v) is 9.87. The molecule has 26 heavy (non-hydrogen) atoms. The summed E-state index contributed by atoms with van der Waals surface area (Å²) in [5.74, 6) is 2.21. The van der Waals surface area contributed by atoms with Gasteiger partial charge in [-0.2, -0.15) is 0 Å². The van der Waals surface area contributed by atoms with E-state index in [2.05, 4.69) is 44.0 Å². The van der Waals surface area contributed by atoms with Crippen molar-refractivity contribution in [1.29, 1.82) is 0 Å². The van der Waals surface area contributed by atoms with E-state index in [0.29, 0.717) is 17.0 Å². The molecule has 2 N–H and O–H groups in total. The Balaban J connectivity index is 2.27. The van der Waals surface area contributed by atoms with Gasteiger partial charge in [0.1, 0.15) is 5.75 Å². The van der Waals surface area contributed by atoms with Crippen molar-refractivity contribution in [1.82, 2.24) is 14.8 Å². The molecule has 1 heterocycles. The zero-order valence-electron chi connectivity index (χ0n) is 16.1. The summed E-state index contributed by atoms with van der Waals surface area (Å²) in [7, 11) is 0. The van der Waals surface area contributed by atoms with E-state index >= 15 is 0 Å². The summed E-state index contributed by atoms with van der Waals surface area (Å²) in [6, 6.07) is 8.06. The van der Waals surface area contributed by atoms with Gasteiger partial charge in [-0.25, -0.2) is 0 Å². The Bertz CT molecular complexity index is 743. The molecule has 1 aromatic heterocycles. The van der Waals surface area contributed by atoms with Crippen molar-refractivity contribution >= 4 is 17.7 Å². The van der Waals surface area contributed by atoms with E-state index in [-0.39, 0.29) is 17.8 Å². The number of ether oxygens (including phenoxy) is 1. The molecule has 1 aromatic carbocycles. The highest BCUT2D eigenvalue weighted by atomic mass is 32.2. The molecular weight excluding hydrogens is 348 g/mol. The number of carbonyl (C=O) groups excluding carboxylic acids is 1. The molecule has 1 amide bonds. The maximum atomic E-state index is 11.1. The first-order chi connectivity index (χ1) is 12.3. The number of rotatable bonds is 9. The van der Waals surface area contributed by atoms with Gasteiger partial charge in [0.05, 0.1) is 5.75 Å². The van der Waals surface area contributed by atoms with Crippen molar-refractivity contribution in [3.8, 4) is 5.75 Å². The first-order valence-electron chi connectivity index (χ1n) is 8.89. The van der Waals surface area contributed by atoms with E-state index < -0.39 is 0 Å². The number of carbonyl (C=O) groups is 1. The number of benzene rings is 1. The van der Waals surface area contributed by atoms with Crippen LogP contribution in [0.5, 0.6) is 5.75 Å². The van der Waals surface area contributed by atoms with E-state index in [1.165, 1.54) is 11.8 Å². The molecule has 142 valence electrons. The van der Waals surface area contributed by atoms with Gasteiger partial charge in [-0.1, -0.05) is 57.7 Å². The van der Waals surface area contributed by atoms with Gasteiger partial charge < -0.3 is 15.0 Å². The number of thioether (sulfide) groups is 1. The average Bonchev–Trinajstić information content (AvgIpc) is 2.95. The van der Waals surface area contributed by atoms with Crippen molar-refractivity contribution in [2.24, 2.45) is 11.7 Å². The van der Waals surface area contributed by atoms with Crippen LogP contribution in [0, 0.1) is 5.92 Å². The average molecular weight is 377 g/mol. The van der Waals surface area contributed by atoms with E-state index in [0.717, 1.165) is 23.7 Å². The Morgan fingerprint density at radius 1 is 1.19 bits per heavy atom. The molecule has 0 saturated heterocycles. The number of hydrogen-bond acceptors (Lipinski definition) is 5. The minimum absolute atomic E-state index is 0.182. The fourth-order valence-electron chi connectivity index (χ4n) is 2.69. The summed E-state index contributed by atoms with van der Waals surface area (Å²) in [5, 5.41) is 9.28. The molecule has 0 radical (unpaired) electrons. The van der Waals surface area contributed by atoms with Crippen molar-refractivity contribution in [3.63, 3.8) is 0 Å². The second-order valence-electron chi connectivity index (χ2n) is 7.05. The van der Waals surface area contributed by atoms with Crippen LogP contribution >= 0.6 is 11.8 Å². The minimum atomic E-state index is -0.370. The molecule has 0 aliphatic heterocycles. The van der Waals surface area contributed by atoms with Crippen LogP contribution in [-0.4, -0.2) is 26.4 Å². The predicted octanol–water partition coefficient (Wildman–Crippen LogP) is 3.77. The molecule has 2 aromatic rings. The maximum Gasteiger partial charge on any atom is 0.227 e. The highest BCUT2D eigenvalue weighted by molar-refractivity contribution is 7.99. The quantitative estimate of drug-likeness (QED) is 0.674. The van der Waals surface area contributed by atoms with Crippen LogP contribution in [-0.2, 0) is 11.3 Å². The Hall–Kier alpha value is -2.02. The fourth-order valence-corrected chi connectivity index (χ4v) is 3.38. The van der Waals surface area contributed by atoms with Crippen LogP contribution in [0.4, 0.5) is 0 Å². The van der Waals surface area contributed by atoms with E-state index in [4.69, 9.17) is 10.5 Å². The van der Waals surface area contributed by atoms with Gasteiger partial charge in [0, 0.05) is 6.54 Å². The van der Waals surface area contributed by atoms with Crippen LogP contribution in [0.1, 0.15) is 58.0 Å². The second kappa shape index (κ2) is 9.07. The summed E-state index contributed by atoms with van der Waals surface area (Å²) in [5.41, 5.74) is 6.43. The lowest BCUT2D eigenvalue weighted by atomic mass is 10.0. The third-order valence-electron chi connectivity index (χ3n) is 3.85. The highest BCUT2D eigenvalue weighted by Gasteiger charge is 2.21. The smallest absolute Gasteiger partial charge is 0.227 e. The molecule has 0 spiro atoms. The van der Waals surface area contributed by atoms with Gasteiger partial charge >= 0.3 is 0 Å². The number of hydrogen-bond donors (Lipinski definition) is 1. The van der Waals surface area contributed by atoms with Crippen molar-refractivity contribution in [2.45, 2.75) is 58.3 Å². The van der Waals surface area contributed by atoms with Gasteiger partial charge in [-0.3, -0.25) is 4.79 Å². The Morgan fingerprint density at radius 3 is 2.50 bits per heavy atom. The molecule has 2 rings (SSSR count). The molecule has 6 nitrogen and oxygen atoms in total. The minimum Gasteiger partial charge on any atom is -0.482 e. The number of primary amides is 1. The number of nitrogens with zero attached hydrogens (tertiary/aromatic N) is 3.